The first kappa shape index (κ1) is 8.24. The van der Waals surface area contributed by atoms with Gasteiger partial charge in [-0.2, -0.15) is 0 Å². The highest BCUT2D eigenvalue weighted by atomic mass is 16.1. The topological polar surface area (TPSA) is 29.1 Å². The van der Waals surface area contributed by atoms with Crippen molar-refractivity contribution < 1.29 is 4.79 Å². The van der Waals surface area contributed by atoms with E-state index in [1.807, 2.05) is 0 Å². The zero-order valence-corrected chi connectivity index (χ0v) is 7.46. The molecule has 0 spiro atoms. The summed E-state index contributed by atoms with van der Waals surface area (Å²) in [5, 5.41) is 3.30. The maximum Gasteiger partial charge on any atom is 0.136 e. The summed E-state index contributed by atoms with van der Waals surface area (Å²) in [6, 6.07) is 0.157. The Balaban J connectivity index is 1.93. The minimum atomic E-state index is 0.157. The molecular formula is C10H17NO. The molecule has 2 fully saturated rings. The molecule has 3 atom stereocenters. The number of hydrogen-bond acceptors (Lipinski definition) is 2. The fourth-order valence-electron chi connectivity index (χ4n) is 2.68. The van der Waals surface area contributed by atoms with Crippen molar-refractivity contribution in [2.75, 3.05) is 6.54 Å². The molecule has 12 heavy (non-hydrogen) atoms. The molecule has 2 unspecified atom stereocenters. The van der Waals surface area contributed by atoms with Crippen molar-refractivity contribution in [1.82, 2.24) is 5.32 Å². The van der Waals surface area contributed by atoms with E-state index in [0.717, 1.165) is 31.1 Å². The van der Waals surface area contributed by atoms with E-state index in [0.29, 0.717) is 0 Å². The fourth-order valence-corrected chi connectivity index (χ4v) is 2.68. The Labute approximate surface area is 73.7 Å². The Morgan fingerprint density at radius 1 is 1.17 bits per heavy atom. The first-order valence-corrected chi connectivity index (χ1v) is 5.09. The molecule has 1 aliphatic heterocycles. The predicted octanol–water partition coefficient (Wildman–Crippen LogP) is 1.35. The Kier molecular flexibility index (Phi) is 2.45. The molecule has 0 aromatic carbocycles. The quantitative estimate of drug-likeness (QED) is 0.597. The largest absolute Gasteiger partial charge is 0.307 e. The van der Waals surface area contributed by atoms with E-state index >= 15 is 0 Å². The van der Waals surface area contributed by atoms with Gasteiger partial charge in [-0.1, -0.05) is 19.3 Å². The van der Waals surface area contributed by atoms with Gasteiger partial charge in [-0.3, -0.25) is 0 Å². The molecule has 0 radical (unpaired) electrons. The van der Waals surface area contributed by atoms with E-state index < -0.39 is 0 Å². The summed E-state index contributed by atoms with van der Waals surface area (Å²) >= 11 is 0. The molecule has 68 valence electrons. The summed E-state index contributed by atoms with van der Waals surface area (Å²) in [5.74, 6) is 1.71. The van der Waals surface area contributed by atoms with Gasteiger partial charge in [0.1, 0.15) is 6.29 Å². The summed E-state index contributed by atoms with van der Waals surface area (Å²) < 4.78 is 0. The monoisotopic (exact) mass is 167 g/mol. The summed E-state index contributed by atoms with van der Waals surface area (Å²) in [4.78, 5) is 10.6. The lowest BCUT2D eigenvalue weighted by molar-refractivity contribution is -0.110. The first-order valence-electron chi connectivity index (χ1n) is 5.09. The van der Waals surface area contributed by atoms with Crippen molar-refractivity contribution in [3.05, 3.63) is 0 Å². The molecule has 2 rings (SSSR count). The van der Waals surface area contributed by atoms with Gasteiger partial charge < -0.3 is 10.1 Å². The van der Waals surface area contributed by atoms with Gasteiger partial charge in [0.2, 0.25) is 0 Å². The second-order valence-electron chi connectivity index (χ2n) is 4.19. The summed E-state index contributed by atoms with van der Waals surface area (Å²) in [7, 11) is 0. The van der Waals surface area contributed by atoms with Gasteiger partial charge >= 0.3 is 0 Å². The van der Waals surface area contributed by atoms with Gasteiger partial charge in [0.25, 0.3) is 0 Å². The lowest BCUT2D eigenvalue weighted by atomic mass is 9.74. The molecule has 0 amide bonds. The number of nitrogens with one attached hydrogen (secondary N) is 1. The minimum absolute atomic E-state index is 0.157. The minimum Gasteiger partial charge on any atom is -0.307 e. The first-order chi connectivity index (χ1) is 5.90. The third-order valence-electron chi connectivity index (χ3n) is 3.43. The third-order valence-corrected chi connectivity index (χ3v) is 3.43. The molecule has 1 N–H and O–H groups in total. The van der Waals surface area contributed by atoms with E-state index in [1.165, 1.54) is 25.7 Å². The SMILES string of the molecule is O=C[C@@H]1CC2CCCCC2CN1. The van der Waals surface area contributed by atoms with Gasteiger partial charge in [0, 0.05) is 0 Å². The average Bonchev–Trinajstić information content (AvgIpc) is 2.17. The number of carbonyl (C=O) groups excluding carboxylic acids is 1. The van der Waals surface area contributed by atoms with Crippen LogP contribution >= 0.6 is 0 Å². The molecule has 1 heterocycles. The highest BCUT2D eigenvalue weighted by Crippen LogP contribution is 2.34. The maximum absolute atomic E-state index is 10.6. The number of fused-ring (bicyclic) bond motifs is 1. The van der Waals surface area contributed by atoms with Crippen LogP contribution in [0.5, 0.6) is 0 Å². The lowest BCUT2D eigenvalue weighted by Gasteiger charge is -2.38. The van der Waals surface area contributed by atoms with Crippen molar-refractivity contribution in [3.63, 3.8) is 0 Å². The molecule has 2 aliphatic rings. The van der Waals surface area contributed by atoms with Crippen LogP contribution in [0.2, 0.25) is 0 Å². The predicted molar refractivity (Wildman–Crippen MR) is 47.9 cm³/mol. The molecule has 2 nitrogen and oxygen atoms in total. The van der Waals surface area contributed by atoms with Crippen LogP contribution in [0.25, 0.3) is 0 Å². The lowest BCUT2D eigenvalue weighted by Crippen LogP contribution is -2.45. The van der Waals surface area contributed by atoms with Crippen molar-refractivity contribution in [1.29, 1.82) is 0 Å². The normalized spacial score (nSPS) is 41.8. The van der Waals surface area contributed by atoms with Crippen molar-refractivity contribution >= 4 is 6.29 Å². The number of carbonyl (C=O) groups is 1. The summed E-state index contributed by atoms with van der Waals surface area (Å²) in [5.41, 5.74) is 0. The molecule has 2 heteroatoms. The second kappa shape index (κ2) is 3.56. The summed E-state index contributed by atoms with van der Waals surface area (Å²) in [6.45, 7) is 1.08. The van der Waals surface area contributed by atoms with Crippen LogP contribution in [-0.2, 0) is 4.79 Å². The van der Waals surface area contributed by atoms with Crippen molar-refractivity contribution in [2.24, 2.45) is 11.8 Å². The van der Waals surface area contributed by atoms with E-state index in [1.54, 1.807) is 0 Å². The zero-order chi connectivity index (χ0) is 8.39. The standard InChI is InChI=1S/C10H17NO/c12-7-10-5-8-3-1-2-4-9(8)6-11-10/h7-11H,1-6H2/t8?,9?,10-/m0/s1. The van der Waals surface area contributed by atoms with E-state index in [9.17, 15) is 4.79 Å². The third kappa shape index (κ3) is 1.53. The molecule has 1 aliphatic carbocycles. The summed E-state index contributed by atoms with van der Waals surface area (Å²) in [6.07, 6.45) is 7.68. The second-order valence-corrected chi connectivity index (χ2v) is 4.19. The molecule has 0 bridgehead atoms. The van der Waals surface area contributed by atoms with E-state index in [2.05, 4.69) is 5.32 Å². The highest BCUT2D eigenvalue weighted by molar-refractivity contribution is 5.57. The van der Waals surface area contributed by atoms with Crippen molar-refractivity contribution in [3.8, 4) is 0 Å². The fraction of sp³-hybridized carbons (Fsp3) is 0.900. The molecule has 1 saturated heterocycles. The Bertz CT molecular complexity index is 169. The van der Waals surface area contributed by atoms with Crippen molar-refractivity contribution in [2.45, 2.75) is 38.1 Å². The average molecular weight is 167 g/mol. The van der Waals surface area contributed by atoms with Gasteiger partial charge in [-0.15, -0.1) is 0 Å². The van der Waals surface area contributed by atoms with Gasteiger partial charge in [0.15, 0.2) is 0 Å². The number of hydrogen-bond donors (Lipinski definition) is 1. The Hall–Kier alpha value is -0.370. The van der Waals surface area contributed by atoms with Crippen LogP contribution in [0.1, 0.15) is 32.1 Å². The van der Waals surface area contributed by atoms with Crippen LogP contribution in [0.15, 0.2) is 0 Å². The smallest absolute Gasteiger partial charge is 0.136 e. The number of rotatable bonds is 1. The van der Waals surface area contributed by atoms with E-state index in [-0.39, 0.29) is 6.04 Å². The maximum atomic E-state index is 10.6. The molecule has 1 saturated carbocycles. The van der Waals surface area contributed by atoms with Crippen LogP contribution in [-0.4, -0.2) is 18.9 Å². The molecule has 0 aromatic rings. The van der Waals surface area contributed by atoms with E-state index in [4.69, 9.17) is 0 Å². The number of piperidine rings is 1. The number of aldehydes is 1. The van der Waals surface area contributed by atoms with Gasteiger partial charge in [-0.05, 0) is 31.2 Å². The van der Waals surface area contributed by atoms with Crippen LogP contribution in [0.4, 0.5) is 0 Å². The highest BCUT2D eigenvalue weighted by Gasteiger charge is 2.31. The van der Waals surface area contributed by atoms with Crippen LogP contribution < -0.4 is 5.32 Å². The molecular weight excluding hydrogens is 150 g/mol. The van der Waals surface area contributed by atoms with Gasteiger partial charge in [0.05, 0.1) is 6.04 Å². The Morgan fingerprint density at radius 2 is 1.92 bits per heavy atom. The van der Waals surface area contributed by atoms with Crippen LogP contribution in [0.3, 0.4) is 0 Å². The van der Waals surface area contributed by atoms with Gasteiger partial charge in [-0.25, -0.2) is 0 Å². The van der Waals surface area contributed by atoms with Crippen LogP contribution in [0, 0.1) is 11.8 Å². The Morgan fingerprint density at radius 3 is 2.67 bits per heavy atom. The zero-order valence-electron chi connectivity index (χ0n) is 7.46. The molecule has 0 aromatic heterocycles.